The van der Waals surface area contributed by atoms with Crippen molar-refractivity contribution in [2.45, 2.75) is 101 Å². The number of ether oxygens (including phenoxy) is 4. The zero-order chi connectivity index (χ0) is 54.9. The van der Waals surface area contributed by atoms with Gasteiger partial charge in [-0.3, -0.25) is 28.8 Å². The molecule has 6 aliphatic rings. The maximum atomic E-state index is 13.6. The van der Waals surface area contributed by atoms with E-state index in [9.17, 15) is 55.1 Å². The van der Waals surface area contributed by atoms with Crippen LogP contribution >= 0.6 is 0 Å². The molecule has 2 N–H and O–H groups in total. The van der Waals surface area contributed by atoms with Crippen LogP contribution in [-0.4, -0.2) is 71.1 Å². The summed E-state index contributed by atoms with van der Waals surface area (Å²) in [6.45, 7) is 13.7. The van der Waals surface area contributed by atoms with Gasteiger partial charge in [0.1, 0.15) is 11.5 Å². The average molecular weight is 1050 g/mol. The lowest BCUT2D eigenvalue weighted by Gasteiger charge is -2.31. The number of hydrogen-bond donors (Lipinski definition) is 2. The summed E-state index contributed by atoms with van der Waals surface area (Å²) in [4.78, 5) is 81.1. The highest BCUT2D eigenvalue weighted by molar-refractivity contribution is 6.24. The van der Waals surface area contributed by atoms with Crippen LogP contribution in [0.5, 0.6) is 11.5 Å². The van der Waals surface area contributed by atoms with E-state index < -0.39 is 104 Å². The smallest absolute Gasteiger partial charge is 0.417 e. The highest BCUT2D eigenvalue weighted by Gasteiger charge is 2.75. The second-order valence-corrected chi connectivity index (χ2v) is 20.2. The molecule has 4 bridgehead atoms. The highest BCUT2D eigenvalue weighted by atomic mass is 19.4. The second kappa shape index (κ2) is 19.1. The van der Waals surface area contributed by atoms with Crippen molar-refractivity contribution < 1.29 is 74.1 Å². The van der Waals surface area contributed by atoms with Crippen molar-refractivity contribution in [3.05, 3.63) is 113 Å². The van der Waals surface area contributed by atoms with Gasteiger partial charge < -0.3 is 29.6 Å². The minimum absolute atomic E-state index is 0.176. The molecule has 16 nitrogen and oxygen atoms in total. The van der Waals surface area contributed by atoms with Gasteiger partial charge in [0.2, 0.25) is 35.4 Å². The number of benzene rings is 4. The van der Waals surface area contributed by atoms with Gasteiger partial charge >= 0.3 is 12.4 Å². The van der Waals surface area contributed by atoms with E-state index in [4.69, 9.17) is 30.8 Å². The second-order valence-electron chi connectivity index (χ2n) is 20.2. The van der Waals surface area contributed by atoms with Crippen LogP contribution in [0.2, 0.25) is 0 Å². The first kappa shape index (κ1) is 53.0. The predicted molar refractivity (Wildman–Crippen MR) is 257 cm³/mol. The lowest BCUT2D eigenvalue weighted by molar-refractivity contribution is -0.138. The number of amides is 6. The number of hydrogen-bond acceptors (Lipinski definition) is 11. The van der Waals surface area contributed by atoms with Gasteiger partial charge in [-0.15, -0.1) is 0 Å². The van der Waals surface area contributed by atoms with E-state index in [0.717, 1.165) is 21.9 Å². The minimum atomic E-state index is -4.82. The third kappa shape index (κ3) is 9.27. The molecule has 0 saturated carbocycles. The van der Waals surface area contributed by atoms with E-state index in [0.29, 0.717) is 73.5 Å². The first-order valence-corrected chi connectivity index (χ1v) is 24.1. The molecular weight excluding hydrogens is 1010 g/mol. The fraction of sp³-hybridized carbons (Fsp3) is 0.407. The maximum absolute atomic E-state index is 13.6. The Morgan fingerprint density at radius 2 is 1.04 bits per heavy atom. The minimum Gasteiger partial charge on any atom is -0.493 e. The molecular formula is C54H48F6N6O10. The summed E-state index contributed by atoms with van der Waals surface area (Å²) < 4.78 is 106. The topological polar surface area (TPSA) is 198 Å². The number of imide groups is 2. The number of nitrogens with one attached hydrogen (secondary N) is 2. The van der Waals surface area contributed by atoms with Crippen molar-refractivity contribution in [3.63, 3.8) is 0 Å². The van der Waals surface area contributed by atoms with Crippen molar-refractivity contribution in [2.75, 3.05) is 33.6 Å². The Balaban J connectivity index is 0.000000186. The molecule has 4 aromatic rings. The number of carbonyl (C=O) groups is 6. The summed E-state index contributed by atoms with van der Waals surface area (Å²) in [7, 11) is 0. The number of nitriles is 1. The van der Waals surface area contributed by atoms with Crippen LogP contribution in [0.15, 0.2) is 84.9 Å². The van der Waals surface area contributed by atoms with Gasteiger partial charge in [-0.05, 0) is 118 Å². The van der Waals surface area contributed by atoms with Crippen molar-refractivity contribution in [2.24, 2.45) is 23.7 Å². The molecule has 76 heavy (non-hydrogen) atoms. The normalized spacial score (nSPS) is 27.8. The molecule has 396 valence electrons. The van der Waals surface area contributed by atoms with Crippen LogP contribution < -0.4 is 29.9 Å². The molecule has 4 unspecified atom stereocenters. The fourth-order valence-corrected chi connectivity index (χ4v) is 12.1. The maximum Gasteiger partial charge on any atom is 0.417 e. The summed E-state index contributed by atoms with van der Waals surface area (Å²) in [5.74, 6) is -5.09. The van der Waals surface area contributed by atoms with E-state index >= 15 is 0 Å². The van der Waals surface area contributed by atoms with Crippen LogP contribution in [0, 0.1) is 41.6 Å². The highest BCUT2D eigenvalue weighted by Crippen LogP contribution is 2.64. The average Bonchev–Trinajstić information content (AvgIpc) is 4.29. The number of nitrogens with zero attached hydrogens (tertiary/aromatic N) is 4. The summed E-state index contributed by atoms with van der Waals surface area (Å²) in [5, 5.41) is 14.4. The van der Waals surface area contributed by atoms with E-state index in [1.165, 1.54) is 32.0 Å². The van der Waals surface area contributed by atoms with Crippen LogP contribution in [0.3, 0.4) is 0 Å². The Morgan fingerprint density at radius 1 is 0.645 bits per heavy atom. The van der Waals surface area contributed by atoms with Crippen molar-refractivity contribution in [3.8, 4) is 17.6 Å². The summed E-state index contributed by atoms with van der Waals surface area (Å²) in [5.41, 5.74) is -6.60. The molecule has 6 saturated heterocycles. The molecule has 22 heteroatoms. The molecule has 0 aromatic heterocycles. The van der Waals surface area contributed by atoms with Crippen molar-refractivity contribution >= 4 is 63.9 Å². The number of rotatable bonds is 12. The molecule has 6 fully saturated rings. The monoisotopic (exact) mass is 1050 g/mol. The van der Waals surface area contributed by atoms with Gasteiger partial charge in [0, 0.05) is 43.8 Å². The first-order chi connectivity index (χ1) is 35.8. The number of halogens is 6. The van der Waals surface area contributed by atoms with Crippen molar-refractivity contribution in [1.82, 2.24) is 0 Å². The Hall–Kier alpha value is -7.82. The van der Waals surface area contributed by atoms with Crippen LogP contribution in [0.25, 0.3) is 4.85 Å². The molecule has 0 radical (unpaired) electrons. The standard InChI is InChI=1S/2C27H24F3N3O5/c1-15(34)32-16-4-7-18(8-5-16)37-13-12-26-11-10-25(2,38-26)21-22(26)24(36)33(23(21)35)17-6-9-20(31-3)19(14-17)27(28,29)30;1-15(34)32-17-4-7-19(8-5-17)37-12-11-26-10-9-25(2,38-26)21-22(26)24(36)33(23(21)35)18-6-3-16(14-31)20(13-18)27(28,29)30/h4-9,14,21-22H,10-13H2,1-2H3,(H,32,34);3-8,13,21-22H,9-12H2,1-2H3,(H,32,34)/t2*21-,22+,25?,26?/m10/s1. The van der Waals surface area contributed by atoms with Crippen molar-refractivity contribution in [1.29, 1.82) is 5.26 Å². The van der Waals surface area contributed by atoms with Crippen LogP contribution in [0.1, 0.15) is 82.9 Å². The Morgan fingerprint density at radius 3 is 1.42 bits per heavy atom. The largest absolute Gasteiger partial charge is 0.493 e. The van der Waals surface area contributed by atoms with Gasteiger partial charge in [0.15, 0.2) is 5.69 Å². The molecule has 10 rings (SSSR count). The predicted octanol–water partition coefficient (Wildman–Crippen LogP) is 9.54. The number of alkyl halides is 6. The molecule has 6 aliphatic heterocycles. The fourth-order valence-electron chi connectivity index (χ4n) is 12.1. The van der Waals surface area contributed by atoms with Crippen LogP contribution in [0.4, 0.5) is 54.8 Å². The Bertz CT molecular complexity index is 2950. The van der Waals surface area contributed by atoms with E-state index in [2.05, 4.69) is 15.5 Å². The van der Waals surface area contributed by atoms with E-state index in [-0.39, 0.29) is 36.4 Å². The van der Waals surface area contributed by atoms with E-state index in [1.54, 1.807) is 62.4 Å². The molecule has 6 heterocycles. The number of anilines is 4. The Kier molecular flexibility index (Phi) is 13.3. The SMILES string of the molecule is CC(=O)Nc1ccc(OCCC23CCC(C)(O2)[C@@H]2C(=O)N(c4ccc(C#N)c(C(F)(F)F)c4)C(=O)[C@@H]23)cc1.[C-]#[N+]c1ccc(N2C(=O)[C@@H]3[C@H](C2=O)C2(C)CCC3(CCOc3ccc(NC(C)=O)cc3)O2)cc1C(F)(F)F. The third-order valence-electron chi connectivity index (χ3n) is 15.3. The molecule has 0 spiro atoms. The van der Waals surface area contributed by atoms with Crippen LogP contribution in [-0.2, 0) is 50.6 Å². The first-order valence-electron chi connectivity index (χ1n) is 24.1. The number of fused-ring (bicyclic) bond motifs is 10. The van der Waals surface area contributed by atoms with Gasteiger partial charge in [0.25, 0.3) is 0 Å². The summed E-state index contributed by atoms with van der Waals surface area (Å²) in [6, 6.07) is 20.7. The lowest BCUT2D eigenvalue weighted by atomic mass is 9.67. The molecule has 4 aromatic carbocycles. The van der Waals surface area contributed by atoms with Gasteiger partial charge in [-0.25, -0.2) is 14.6 Å². The zero-order valence-electron chi connectivity index (χ0n) is 41.2. The molecule has 8 atom stereocenters. The zero-order valence-corrected chi connectivity index (χ0v) is 41.2. The van der Waals surface area contributed by atoms with Gasteiger partial charge in [-0.2, -0.15) is 31.6 Å². The number of carbonyl (C=O) groups excluding carboxylic acids is 6. The molecule has 0 aliphatic carbocycles. The Labute approximate surface area is 431 Å². The molecule has 6 amide bonds. The van der Waals surface area contributed by atoms with Gasteiger partial charge in [0.05, 0.1) is 94.3 Å². The third-order valence-corrected chi connectivity index (χ3v) is 15.3. The quantitative estimate of drug-likeness (QED) is 0.0778. The summed E-state index contributed by atoms with van der Waals surface area (Å²) >= 11 is 0. The lowest BCUT2D eigenvalue weighted by Crippen LogP contribution is -2.43. The van der Waals surface area contributed by atoms with Gasteiger partial charge in [-0.1, -0.05) is 6.07 Å². The summed E-state index contributed by atoms with van der Waals surface area (Å²) in [6.07, 6.45) is -6.99. The van der Waals surface area contributed by atoms with E-state index in [1.807, 2.05) is 0 Å².